The largest absolute Gasteiger partial charge is 0.454 e. The van der Waals surface area contributed by atoms with Gasteiger partial charge in [-0.05, 0) is 81.1 Å². The standard InChI is InChI=1S/C28H30F2N6O3S/c1-35-13-10-21(11-14-35)36(2)28(38)33-25-17-22(9-12-31-25)39-24-8-7-20(16-23(24)30)32-27(40)34-26(37)15-18-3-5-19(29)6-4-18/h3-9,12,16-17,21H,10-11,13-15H2,1-2H3,(H,31,33,38)(H2,32,34,37,40). The van der Waals surface area contributed by atoms with E-state index in [4.69, 9.17) is 17.0 Å². The van der Waals surface area contributed by atoms with E-state index < -0.39 is 17.5 Å². The first-order chi connectivity index (χ1) is 19.2. The Bertz CT molecular complexity index is 1370. The van der Waals surface area contributed by atoms with Gasteiger partial charge in [0.1, 0.15) is 17.4 Å². The normalized spacial score (nSPS) is 13.8. The maximum Gasteiger partial charge on any atom is 0.323 e. The summed E-state index contributed by atoms with van der Waals surface area (Å²) in [6, 6.07) is 12.6. The molecule has 2 heterocycles. The minimum Gasteiger partial charge on any atom is -0.454 e. The Hall–Kier alpha value is -4.16. The lowest BCUT2D eigenvalue weighted by Crippen LogP contribution is -2.46. The lowest BCUT2D eigenvalue weighted by Gasteiger charge is -2.34. The second-order valence-electron chi connectivity index (χ2n) is 9.51. The molecular weight excluding hydrogens is 538 g/mol. The van der Waals surface area contributed by atoms with Crippen LogP contribution in [0, 0.1) is 11.6 Å². The molecule has 3 amide bonds. The van der Waals surface area contributed by atoms with E-state index in [9.17, 15) is 18.4 Å². The fraction of sp³-hybridized carbons (Fsp3) is 0.286. The average Bonchev–Trinajstić information content (AvgIpc) is 2.91. The highest BCUT2D eigenvalue weighted by molar-refractivity contribution is 7.80. The number of nitrogens with one attached hydrogen (secondary N) is 3. The number of amides is 3. The lowest BCUT2D eigenvalue weighted by atomic mass is 10.0. The molecule has 1 aliphatic heterocycles. The highest BCUT2D eigenvalue weighted by Crippen LogP contribution is 2.28. The van der Waals surface area contributed by atoms with Crippen molar-refractivity contribution in [2.45, 2.75) is 25.3 Å². The molecule has 0 bridgehead atoms. The molecule has 4 rings (SSSR count). The summed E-state index contributed by atoms with van der Waals surface area (Å²) in [6.45, 7) is 1.86. The number of halogens is 2. The molecule has 1 fully saturated rings. The summed E-state index contributed by atoms with van der Waals surface area (Å²) >= 11 is 5.14. The molecule has 0 saturated carbocycles. The number of urea groups is 1. The summed E-state index contributed by atoms with van der Waals surface area (Å²) in [7, 11) is 3.83. The summed E-state index contributed by atoms with van der Waals surface area (Å²) in [4.78, 5) is 33.0. The van der Waals surface area contributed by atoms with Gasteiger partial charge in [0.05, 0.1) is 6.42 Å². The molecule has 0 radical (unpaired) electrons. The van der Waals surface area contributed by atoms with Gasteiger partial charge in [-0.1, -0.05) is 12.1 Å². The molecule has 40 heavy (non-hydrogen) atoms. The number of carbonyl (C=O) groups is 2. The Labute approximate surface area is 236 Å². The number of piperidine rings is 1. The molecule has 3 aromatic rings. The van der Waals surface area contributed by atoms with E-state index in [1.165, 1.54) is 54.7 Å². The number of rotatable bonds is 7. The number of thiocarbonyl (C=S) groups is 1. The molecule has 12 heteroatoms. The molecule has 0 atom stereocenters. The van der Waals surface area contributed by atoms with Gasteiger partial charge in [-0.2, -0.15) is 0 Å². The number of likely N-dealkylation sites (tertiary alicyclic amines) is 1. The van der Waals surface area contributed by atoms with Gasteiger partial charge in [-0.15, -0.1) is 0 Å². The van der Waals surface area contributed by atoms with Crippen molar-refractivity contribution in [1.82, 2.24) is 20.1 Å². The summed E-state index contributed by atoms with van der Waals surface area (Å²) in [5.41, 5.74) is 0.925. The second-order valence-corrected chi connectivity index (χ2v) is 9.91. The van der Waals surface area contributed by atoms with Crippen molar-refractivity contribution < 1.29 is 23.1 Å². The first-order valence-corrected chi connectivity index (χ1v) is 13.1. The van der Waals surface area contributed by atoms with Gasteiger partial charge in [-0.25, -0.2) is 18.6 Å². The van der Waals surface area contributed by atoms with Crippen LogP contribution in [0.2, 0.25) is 0 Å². The monoisotopic (exact) mass is 568 g/mol. The Balaban J connectivity index is 1.30. The molecule has 1 saturated heterocycles. The van der Waals surface area contributed by atoms with Gasteiger partial charge in [0.25, 0.3) is 0 Å². The molecule has 0 spiro atoms. The Kier molecular flexibility index (Phi) is 9.56. The Morgan fingerprint density at radius 3 is 2.50 bits per heavy atom. The summed E-state index contributed by atoms with van der Waals surface area (Å²) < 4.78 is 33.5. The zero-order chi connectivity index (χ0) is 28.6. The maximum absolute atomic E-state index is 14.8. The van der Waals surface area contributed by atoms with Crippen molar-refractivity contribution in [1.29, 1.82) is 0 Å². The molecular formula is C28H30F2N6O3S. The van der Waals surface area contributed by atoms with Crippen molar-refractivity contribution >= 4 is 40.8 Å². The SMILES string of the molecule is CN1CCC(N(C)C(=O)Nc2cc(Oc3ccc(NC(=S)NC(=O)Cc4ccc(F)cc4)cc3F)ccn2)CC1. The number of pyridine rings is 1. The van der Waals surface area contributed by atoms with Gasteiger partial charge in [0, 0.05) is 37.1 Å². The fourth-order valence-corrected chi connectivity index (χ4v) is 4.43. The van der Waals surface area contributed by atoms with Crippen LogP contribution in [0.3, 0.4) is 0 Å². The van der Waals surface area contributed by atoms with Crippen LogP contribution in [0.4, 0.5) is 25.1 Å². The third-order valence-electron chi connectivity index (χ3n) is 6.47. The first kappa shape index (κ1) is 28.8. The van der Waals surface area contributed by atoms with Gasteiger partial charge in [0.2, 0.25) is 5.91 Å². The van der Waals surface area contributed by atoms with E-state index in [-0.39, 0.29) is 40.9 Å². The molecule has 0 unspecified atom stereocenters. The first-order valence-electron chi connectivity index (χ1n) is 12.7. The van der Waals surface area contributed by atoms with Crippen molar-refractivity contribution in [2.75, 3.05) is 37.8 Å². The number of benzene rings is 2. The van der Waals surface area contributed by atoms with E-state index in [2.05, 4.69) is 32.9 Å². The van der Waals surface area contributed by atoms with Crippen LogP contribution in [0.5, 0.6) is 11.5 Å². The van der Waals surface area contributed by atoms with E-state index >= 15 is 0 Å². The third kappa shape index (κ3) is 8.17. The zero-order valence-electron chi connectivity index (χ0n) is 22.1. The van der Waals surface area contributed by atoms with Crippen LogP contribution in [-0.2, 0) is 11.2 Å². The number of hydrogen-bond acceptors (Lipinski definition) is 6. The van der Waals surface area contributed by atoms with E-state index in [1.807, 2.05) is 0 Å². The number of ether oxygens (including phenoxy) is 1. The topological polar surface area (TPSA) is 98.8 Å². The van der Waals surface area contributed by atoms with Gasteiger partial charge in [-0.3, -0.25) is 10.1 Å². The zero-order valence-corrected chi connectivity index (χ0v) is 22.9. The molecule has 0 aliphatic carbocycles. The van der Waals surface area contributed by atoms with Gasteiger partial charge >= 0.3 is 6.03 Å². The number of nitrogens with zero attached hydrogens (tertiary/aromatic N) is 3. The van der Waals surface area contributed by atoms with Crippen molar-refractivity contribution in [3.05, 3.63) is 78.0 Å². The van der Waals surface area contributed by atoms with E-state index in [0.29, 0.717) is 11.3 Å². The molecule has 9 nitrogen and oxygen atoms in total. The van der Waals surface area contributed by atoms with Crippen LogP contribution >= 0.6 is 12.2 Å². The molecule has 3 N–H and O–H groups in total. The highest BCUT2D eigenvalue weighted by Gasteiger charge is 2.24. The smallest absolute Gasteiger partial charge is 0.323 e. The van der Waals surface area contributed by atoms with Crippen molar-refractivity contribution in [3.63, 3.8) is 0 Å². The third-order valence-corrected chi connectivity index (χ3v) is 6.68. The minimum atomic E-state index is -0.671. The van der Waals surface area contributed by atoms with Crippen LogP contribution in [0.25, 0.3) is 0 Å². The van der Waals surface area contributed by atoms with E-state index in [0.717, 1.165) is 25.9 Å². The maximum atomic E-state index is 14.8. The van der Waals surface area contributed by atoms with Gasteiger partial charge in [0.15, 0.2) is 16.7 Å². The molecule has 2 aromatic carbocycles. The van der Waals surface area contributed by atoms with Crippen LogP contribution < -0.4 is 20.7 Å². The molecule has 1 aromatic heterocycles. The number of anilines is 2. The van der Waals surface area contributed by atoms with Gasteiger partial charge < -0.3 is 25.2 Å². The Morgan fingerprint density at radius 2 is 1.80 bits per heavy atom. The minimum absolute atomic E-state index is 0.00603. The number of carbonyl (C=O) groups excluding carboxylic acids is 2. The van der Waals surface area contributed by atoms with Crippen LogP contribution in [0.1, 0.15) is 18.4 Å². The number of aromatic nitrogens is 1. The lowest BCUT2D eigenvalue weighted by molar-refractivity contribution is -0.119. The summed E-state index contributed by atoms with van der Waals surface area (Å²) in [5, 5.41) is 8.01. The quantitative estimate of drug-likeness (QED) is 0.354. The predicted molar refractivity (Wildman–Crippen MR) is 152 cm³/mol. The Morgan fingerprint density at radius 1 is 1.07 bits per heavy atom. The average molecular weight is 569 g/mol. The molecule has 1 aliphatic rings. The summed E-state index contributed by atoms with van der Waals surface area (Å²) in [5.74, 6) is -0.947. The van der Waals surface area contributed by atoms with Crippen molar-refractivity contribution in [3.8, 4) is 11.5 Å². The number of hydrogen-bond donors (Lipinski definition) is 3. The van der Waals surface area contributed by atoms with Crippen molar-refractivity contribution in [2.24, 2.45) is 0 Å². The molecule has 210 valence electrons. The summed E-state index contributed by atoms with van der Waals surface area (Å²) in [6.07, 6.45) is 3.26. The highest BCUT2D eigenvalue weighted by atomic mass is 32.1. The van der Waals surface area contributed by atoms with Crippen LogP contribution in [0.15, 0.2) is 60.8 Å². The fourth-order valence-electron chi connectivity index (χ4n) is 4.20. The van der Waals surface area contributed by atoms with Crippen LogP contribution in [-0.4, -0.2) is 65.1 Å². The van der Waals surface area contributed by atoms with E-state index in [1.54, 1.807) is 18.0 Å². The predicted octanol–water partition coefficient (Wildman–Crippen LogP) is 4.77. The second kappa shape index (κ2) is 13.3.